The first-order valence-corrected chi connectivity index (χ1v) is 7.05. The Morgan fingerprint density at radius 2 is 1.80 bits per heavy atom. The molecule has 114 valence electrons. The Balaban J connectivity index is 2.18. The van der Waals surface area contributed by atoms with Gasteiger partial charge in [-0.05, 0) is 5.92 Å². The van der Waals surface area contributed by atoms with E-state index in [0.717, 1.165) is 0 Å². The van der Waals surface area contributed by atoms with Crippen molar-refractivity contribution in [1.29, 1.82) is 0 Å². The van der Waals surface area contributed by atoms with E-state index in [2.05, 4.69) is 16.0 Å². The zero-order valence-electron chi connectivity index (χ0n) is 12.2. The van der Waals surface area contributed by atoms with E-state index in [0.29, 0.717) is 38.6 Å². The number of carbonyl (C=O) groups excluding carboxylic acids is 3. The number of rotatable bonds is 5. The molecule has 7 heteroatoms. The molecule has 0 atom stereocenters. The molecule has 0 unspecified atom stereocenters. The summed E-state index contributed by atoms with van der Waals surface area (Å²) in [6, 6.07) is 0. The summed E-state index contributed by atoms with van der Waals surface area (Å²) < 4.78 is 0. The molecule has 20 heavy (non-hydrogen) atoms. The van der Waals surface area contributed by atoms with Gasteiger partial charge in [-0.25, -0.2) is 0 Å². The van der Waals surface area contributed by atoms with Gasteiger partial charge in [-0.15, -0.1) is 0 Å². The van der Waals surface area contributed by atoms with E-state index in [4.69, 9.17) is 0 Å². The Labute approximate surface area is 119 Å². The van der Waals surface area contributed by atoms with Crippen molar-refractivity contribution in [2.45, 2.75) is 20.3 Å². The van der Waals surface area contributed by atoms with Crippen LogP contribution in [0.2, 0.25) is 0 Å². The normalized spacial score (nSPS) is 15.1. The fraction of sp³-hybridized carbons (Fsp3) is 0.769. The molecule has 0 aromatic heterocycles. The summed E-state index contributed by atoms with van der Waals surface area (Å²) in [5.74, 6) is -0.880. The summed E-state index contributed by atoms with van der Waals surface area (Å²) in [7, 11) is 0. The van der Waals surface area contributed by atoms with Gasteiger partial charge in [0.25, 0.3) is 0 Å². The standard InChI is InChI=1S/C13H24N4O3/c1-10(2)9-16-11(18)3-4-15-12(19)13(20)17-7-5-14-6-8-17/h10,14H,3-9H2,1-2H3,(H,15,19)(H,16,18). The third-order valence-corrected chi connectivity index (χ3v) is 2.94. The van der Waals surface area contributed by atoms with Crippen molar-refractivity contribution in [3.63, 3.8) is 0 Å². The van der Waals surface area contributed by atoms with Crippen LogP contribution < -0.4 is 16.0 Å². The van der Waals surface area contributed by atoms with Gasteiger partial charge in [0.05, 0.1) is 0 Å². The number of nitrogens with one attached hydrogen (secondary N) is 3. The molecule has 3 N–H and O–H groups in total. The highest BCUT2D eigenvalue weighted by Gasteiger charge is 2.22. The number of hydrogen-bond acceptors (Lipinski definition) is 4. The quantitative estimate of drug-likeness (QED) is 0.547. The van der Waals surface area contributed by atoms with Gasteiger partial charge in [-0.1, -0.05) is 13.8 Å². The number of piperazine rings is 1. The number of amides is 3. The van der Waals surface area contributed by atoms with E-state index in [-0.39, 0.29) is 18.9 Å². The van der Waals surface area contributed by atoms with Crippen LogP contribution >= 0.6 is 0 Å². The van der Waals surface area contributed by atoms with Crippen LogP contribution in [0.1, 0.15) is 20.3 Å². The van der Waals surface area contributed by atoms with Gasteiger partial charge in [0.2, 0.25) is 5.91 Å². The van der Waals surface area contributed by atoms with Crippen LogP contribution in [-0.2, 0) is 14.4 Å². The van der Waals surface area contributed by atoms with Gasteiger partial charge in [0.1, 0.15) is 0 Å². The molecule has 0 spiro atoms. The summed E-state index contributed by atoms with van der Waals surface area (Å²) in [4.78, 5) is 36.4. The lowest BCUT2D eigenvalue weighted by Crippen LogP contribution is -2.51. The van der Waals surface area contributed by atoms with Gasteiger partial charge in [0.15, 0.2) is 0 Å². The SMILES string of the molecule is CC(C)CNC(=O)CCNC(=O)C(=O)N1CCNCC1. The maximum atomic E-state index is 11.8. The average Bonchev–Trinajstić information content (AvgIpc) is 2.45. The highest BCUT2D eigenvalue weighted by molar-refractivity contribution is 6.35. The minimum Gasteiger partial charge on any atom is -0.356 e. The van der Waals surface area contributed by atoms with E-state index < -0.39 is 11.8 Å². The third-order valence-electron chi connectivity index (χ3n) is 2.94. The lowest BCUT2D eigenvalue weighted by molar-refractivity contribution is -0.146. The average molecular weight is 284 g/mol. The summed E-state index contributed by atoms with van der Waals surface area (Å²) >= 11 is 0. The number of carbonyl (C=O) groups is 3. The molecular weight excluding hydrogens is 260 g/mol. The number of hydrogen-bond donors (Lipinski definition) is 3. The smallest absolute Gasteiger partial charge is 0.311 e. The monoisotopic (exact) mass is 284 g/mol. The Bertz CT molecular complexity index is 352. The Morgan fingerprint density at radius 1 is 1.15 bits per heavy atom. The molecule has 0 aliphatic carbocycles. The maximum absolute atomic E-state index is 11.8. The summed E-state index contributed by atoms with van der Waals surface area (Å²) in [6.45, 7) is 7.31. The summed E-state index contributed by atoms with van der Waals surface area (Å²) in [5, 5.41) is 8.35. The molecule has 0 aromatic carbocycles. The van der Waals surface area contributed by atoms with Crippen molar-refractivity contribution in [3.05, 3.63) is 0 Å². The van der Waals surface area contributed by atoms with Crippen molar-refractivity contribution >= 4 is 17.7 Å². The van der Waals surface area contributed by atoms with E-state index in [1.165, 1.54) is 4.90 Å². The highest BCUT2D eigenvalue weighted by atomic mass is 16.2. The van der Waals surface area contributed by atoms with Crippen molar-refractivity contribution in [2.75, 3.05) is 39.3 Å². The molecule has 1 saturated heterocycles. The Hall–Kier alpha value is -1.63. The second-order valence-corrected chi connectivity index (χ2v) is 5.25. The van der Waals surface area contributed by atoms with Crippen LogP contribution in [0.25, 0.3) is 0 Å². The second kappa shape index (κ2) is 8.52. The van der Waals surface area contributed by atoms with Crippen molar-refractivity contribution in [2.24, 2.45) is 5.92 Å². The largest absolute Gasteiger partial charge is 0.356 e. The molecule has 3 amide bonds. The minimum atomic E-state index is -0.636. The Kier molecular flexibility index (Phi) is 7.00. The lowest BCUT2D eigenvalue weighted by atomic mass is 10.2. The fourth-order valence-electron chi connectivity index (χ4n) is 1.78. The first-order valence-electron chi connectivity index (χ1n) is 7.05. The number of nitrogens with zero attached hydrogens (tertiary/aromatic N) is 1. The molecule has 1 rings (SSSR count). The molecular formula is C13H24N4O3. The van der Waals surface area contributed by atoms with E-state index in [9.17, 15) is 14.4 Å². The molecule has 0 saturated carbocycles. The van der Waals surface area contributed by atoms with Crippen LogP contribution in [0.3, 0.4) is 0 Å². The Morgan fingerprint density at radius 3 is 2.40 bits per heavy atom. The van der Waals surface area contributed by atoms with E-state index in [1.54, 1.807) is 0 Å². The summed E-state index contributed by atoms with van der Waals surface area (Å²) in [5.41, 5.74) is 0. The van der Waals surface area contributed by atoms with Crippen molar-refractivity contribution in [3.8, 4) is 0 Å². The van der Waals surface area contributed by atoms with Crippen LogP contribution in [0.4, 0.5) is 0 Å². The van der Waals surface area contributed by atoms with E-state index >= 15 is 0 Å². The van der Waals surface area contributed by atoms with Gasteiger partial charge >= 0.3 is 11.8 Å². The topological polar surface area (TPSA) is 90.5 Å². The molecule has 7 nitrogen and oxygen atoms in total. The van der Waals surface area contributed by atoms with Gasteiger partial charge < -0.3 is 20.9 Å². The molecule has 1 heterocycles. The molecule has 1 fully saturated rings. The molecule has 0 radical (unpaired) electrons. The predicted molar refractivity (Wildman–Crippen MR) is 74.9 cm³/mol. The molecule has 1 aliphatic heterocycles. The van der Waals surface area contributed by atoms with E-state index in [1.807, 2.05) is 13.8 Å². The molecule has 0 aromatic rings. The molecule has 0 bridgehead atoms. The van der Waals surface area contributed by atoms with Gasteiger partial charge in [0, 0.05) is 45.7 Å². The minimum absolute atomic E-state index is 0.117. The lowest BCUT2D eigenvalue weighted by Gasteiger charge is -2.26. The van der Waals surface area contributed by atoms with Crippen molar-refractivity contribution < 1.29 is 14.4 Å². The predicted octanol–water partition coefficient (Wildman–Crippen LogP) is -1.30. The first-order chi connectivity index (χ1) is 9.50. The second-order valence-electron chi connectivity index (χ2n) is 5.25. The highest BCUT2D eigenvalue weighted by Crippen LogP contribution is 1.93. The van der Waals surface area contributed by atoms with Crippen molar-refractivity contribution in [1.82, 2.24) is 20.9 Å². The fourth-order valence-corrected chi connectivity index (χ4v) is 1.78. The summed E-state index contributed by atoms with van der Waals surface area (Å²) in [6.07, 6.45) is 0.188. The third kappa shape index (κ3) is 6.01. The van der Waals surface area contributed by atoms with Crippen LogP contribution in [0.15, 0.2) is 0 Å². The van der Waals surface area contributed by atoms with Gasteiger partial charge in [-0.3, -0.25) is 14.4 Å². The maximum Gasteiger partial charge on any atom is 0.311 e. The van der Waals surface area contributed by atoms with Crippen LogP contribution in [0, 0.1) is 5.92 Å². The van der Waals surface area contributed by atoms with Crippen LogP contribution in [0.5, 0.6) is 0 Å². The van der Waals surface area contributed by atoms with Crippen LogP contribution in [-0.4, -0.2) is 61.9 Å². The van der Waals surface area contributed by atoms with Gasteiger partial charge in [-0.2, -0.15) is 0 Å². The molecule has 1 aliphatic rings. The zero-order valence-corrected chi connectivity index (χ0v) is 12.2. The first kappa shape index (κ1) is 16.4. The zero-order chi connectivity index (χ0) is 15.0.